The van der Waals surface area contributed by atoms with E-state index in [0.29, 0.717) is 16.6 Å². The second-order valence-electron chi connectivity index (χ2n) is 5.89. The van der Waals surface area contributed by atoms with Crippen LogP contribution in [-0.4, -0.2) is 33.1 Å². The molecule has 0 aromatic carbocycles. The lowest BCUT2D eigenvalue weighted by Gasteiger charge is -2.34. The second-order valence-corrected chi connectivity index (χ2v) is 6.71. The van der Waals surface area contributed by atoms with Crippen LogP contribution in [0.2, 0.25) is 10.0 Å². The molecule has 3 heterocycles. The van der Waals surface area contributed by atoms with Gasteiger partial charge in [0, 0.05) is 30.7 Å². The topological polar surface area (TPSA) is 49.3 Å². The zero-order chi connectivity index (χ0) is 16.2. The number of halogens is 2. The lowest BCUT2D eigenvalue weighted by atomic mass is 9.89. The molecular formula is C17H19Cl2N3O. The van der Waals surface area contributed by atoms with Gasteiger partial charge in [0.1, 0.15) is 0 Å². The Morgan fingerprint density at radius 3 is 2.48 bits per heavy atom. The van der Waals surface area contributed by atoms with Crippen molar-refractivity contribution >= 4 is 23.2 Å². The molecule has 1 N–H and O–H groups in total. The Labute approximate surface area is 146 Å². The van der Waals surface area contributed by atoms with E-state index in [1.807, 2.05) is 18.2 Å². The number of hydrogen-bond acceptors (Lipinski definition) is 4. The minimum Gasteiger partial charge on any atom is -0.387 e. The molecule has 2 aromatic heterocycles. The van der Waals surface area contributed by atoms with Crippen molar-refractivity contribution in [3.05, 3.63) is 58.1 Å². The lowest BCUT2D eigenvalue weighted by molar-refractivity contribution is 0.0540. The molecule has 0 spiro atoms. The van der Waals surface area contributed by atoms with E-state index in [1.54, 1.807) is 18.6 Å². The summed E-state index contributed by atoms with van der Waals surface area (Å²) >= 11 is 12.4. The lowest BCUT2D eigenvalue weighted by Crippen LogP contribution is -2.35. The van der Waals surface area contributed by atoms with Gasteiger partial charge in [-0.15, -0.1) is 0 Å². The average Bonchev–Trinajstić information content (AvgIpc) is 2.59. The predicted octanol–water partition coefficient (Wildman–Crippen LogP) is 3.73. The molecule has 0 aliphatic carbocycles. The Balaban J connectivity index is 1.58. The fraction of sp³-hybridized carbons (Fsp3) is 0.412. The third kappa shape index (κ3) is 4.01. The quantitative estimate of drug-likeness (QED) is 0.911. The van der Waals surface area contributed by atoms with Crippen LogP contribution in [-0.2, 0) is 6.54 Å². The molecule has 0 amide bonds. The minimum atomic E-state index is -0.494. The number of aromatic nitrogens is 2. The van der Waals surface area contributed by atoms with Crippen LogP contribution in [0.1, 0.15) is 30.2 Å². The molecule has 4 nitrogen and oxygen atoms in total. The predicted molar refractivity (Wildman–Crippen MR) is 91.5 cm³/mol. The van der Waals surface area contributed by atoms with Crippen LogP contribution in [0, 0.1) is 5.92 Å². The molecule has 23 heavy (non-hydrogen) atoms. The molecule has 0 radical (unpaired) electrons. The average molecular weight is 352 g/mol. The van der Waals surface area contributed by atoms with Gasteiger partial charge in [-0.1, -0.05) is 29.3 Å². The van der Waals surface area contributed by atoms with Crippen molar-refractivity contribution in [2.75, 3.05) is 13.1 Å². The van der Waals surface area contributed by atoms with Crippen molar-refractivity contribution in [2.45, 2.75) is 25.5 Å². The van der Waals surface area contributed by atoms with Crippen molar-refractivity contribution in [3.63, 3.8) is 0 Å². The SMILES string of the molecule is O[C@H](c1ccccn1)C1CCN(Cc2c(Cl)cncc2Cl)CC1. The fourth-order valence-electron chi connectivity index (χ4n) is 3.03. The summed E-state index contributed by atoms with van der Waals surface area (Å²) in [5.74, 6) is 0.240. The molecule has 0 unspecified atom stereocenters. The normalized spacial score (nSPS) is 18.0. The molecule has 1 atom stereocenters. The first kappa shape index (κ1) is 16.7. The number of piperidine rings is 1. The summed E-state index contributed by atoms with van der Waals surface area (Å²) in [6.07, 6.45) is 6.34. The highest BCUT2D eigenvalue weighted by Gasteiger charge is 2.27. The molecule has 6 heteroatoms. The van der Waals surface area contributed by atoms with Crippen LogP contribution >= 0.6 is 23.2 Å². The summed E-state index contributed by atoms with van der Waals surface area (Å²) in [6, 6.07) is 5.66. The van der Waals surface area contributed by atoms with Crippen molar-refractivity contribution < 1.29 is 5.11 Å². The smallest absolute Gasteiger partial charge is 0.0988 e. The van der Waals surface area contributed by atoms with Crippen LogP contribution < -0.4 is 0 Å². The monoisotopic (exact) mass is 351 g/mol. The van der Waals surface area contributed by atoms with Crippen molar-refractivity contribution in [1.29, 1.82) is 0 Å². The van der Waals surface area contributed by atoms with Gasteiger partial charge in [0.2, 0.25) is 0 Å². The van der Waals surface area contributed by atoms with E-state index in [-0.39, 0.29) is 5.92 Å². The van der Waals surface area contributed by atoms with Crippen molar-refractivity contribution in [2.24, 2.45) is 5.92 Å². The highest BCUT2D eigenvalue weighted by atomic mass is 35.5. The van der Waals surface area contributed by atoms with Crippen LogP contribution in [0.4, 0.5) is 0 Å². The molecule has 3 rings (SSSR count). The zero-order valence-electron chi connectivity index (χ0n) is 12.7. The van der Waals surface area contributed by atoms with Gasteiger partial charge in [-0.2, -0.15) is 0 Å². The summed E-state index contributed by atoms with van der Waals surface area (Å²) < 4.78 is 0. The Morgan fingerprint density at radius 1 is 1.17 bits per heavy atom. The van der Waals surface area contributed by atoms with E-state index in [1.165, 1.54) is 0 Å². The summed E-state index contributed by atoms with van der Waals surface area (Å²) in [5.41, 5.74) is 1.68. The highest BCUT2D eigenvalue weighted by Crippen LogP contribution is 2.31. The molecule has 2 aromatic rings. The number of hydrogen-bond donors (Lipinski definition) is 1. The number of pyridine rings is 2. The van der Waals surface area contributed by atoms with Gasteiger partial charge < -0.3 is 5.11 Å². The zero-order valence-corrected chi connectivity index (χ0v) is 14.2. The number of aliphatic hydroxyl groups is 1. The van der Waals surface area contributed by atoms with Crippen LogP contribution in [0.25, 0.3) is 0 Å². The maximum atomic E-state index is 10.5. The summed E-state index contributed by atoms with van der Waals surface area (Å²) in [7, 11) is 0. The van der Waals surface area contributed by atoms with E-state index >= 15 is 0 Å². The first-order valence-corrected chi connectivity index (χ1v) is 8.50. The molecule has 1 saturated heterocycles. The van der Waals surface area contributed by atoms with Crippen molar-refractivity contribution in [3.8, 4) is 0 Å². The minimum absolute atomic E-state index is 0.240. The van der Waals surface area contributed by atoms with E-state index < -0.39 is 6.10 Å². The maximum Gasteiger partial charge on any atom is 0.0988 e. The first-order valence-electron chi connectivity index (χ1n) is 7.74. The first-order chi connectivity index (χ1) is 11.1. The van der Waals surface area contributed by atoms with Gasteiger partial charge >= 0.3 is 0 Å². The Morgan fingerprint density at radius 2 is 1.87 bits per heavy atom. The summed E-state index contributed by atoms with van der Waals surface area (Å²) in [6.45, 7) is 2.53. The number of likely N-dealkylation sites (tertiary alicyclic amines) is 1. The van der Waals surface area contributed by atoms with Gasteiger partial charge in [0.05, 0.1) is 21.8 Å². The maximum absolute atomic E-state index is 10.5. The van der Waals surface area contributed by atoms with Crippen molar-refractivity contribution in [1.82, 2.24) is 14.9 Å². The van der Waals surface area contributed by atoms with Crippen LogP contribution in [0.5, 0.6) is 0 Å². The van der Waals surface area contributed by atoms with E-state index in [4.69, 9.17) is 23.2 Å². The fourth-order valence-corrected chi connectivity index (χ4v) is 3.52. The molecule has 1 aliphatic heterocycles. The molecule has 0 saturated carbocycles. The Bertz CT molecular complexity index is 625. The summed E-state index contributed by atoms with van der Waals surface area (Å²) in [4.78, 5) is 10.6. The number of aliphatic hydroxyl groups excluding tert-OH is 1. The molecule has 0 bridgehead atoms. The number of nitrogens with zero attached hydrogens (tertiary/aromatic N) is 3. The largest absolute Gasteiger partial charge is 0.387 e. The third-order valence-corrected chi connectivity index (χ3v) is 5.06. The van der Waals surface area contributed by atoms with E-state index in [0.717, 1.165) is 37.2 Å². The number of rotatable bonds is 4. The highest BCUT2D eigenvalue weighted by molar-refractivity contribution is 6.35. The van der Waals surface area contributed by atoms with Gasteiger partial charge in [0.15, 0.2) is 0 Å². The third-order valence-electron chi connectivity index (χ3n) is 4.40. The van der Waals surface area contributed by atoms with Gasteiger partial charge in [0.25, 0.3) is 0 Å². The summed E-state index contributed by atoms with van der Waals surface area (Å²) in [5, 5.41) is 11.7. The van der Waals surface area contributed by atoms with Gasteiger partial charge in [-0.05, 0) is 44.0 Å². The second kappa shape index (κ2) is 7.58. The Hall–Kier alpha value is -1.20. The molecule has 1 fully saturated rings. The Kier molecular flexibility index (Phi) is 5.49. The standard InChI is InChI=1S/C17H19Cl2N3O/c18-14-9-20-10-15(19)13(14)11-22-7-4-12(5-8-22)17(23)16-3-1-2-6-21-16/h1-3,6,9-10,12,17,23H,4-5,7-8,11H2/t17-/m0/s1. The van der Waals surface area contributed by atoms with E-state index in [2.05, 4.69) is 14.9 Å². The van der Waals surface area contributed by atoms with Crippen LogP contribution in [0.15, 0.2) is 36.8 Å². The molecule has 122 valence electrons. The molecular weight excluding hydrogens is 333 g/mol. The van der Waals surface area contributed by atoms with Gasteiger partial charge in [-0.3, -0.25) is 14.9 Å². The van der Waals surface area contributed by atoms with Crippen LogP contribution in [0.3, 0.4) is 0 Å². The molecule has 1 aliphatic rings. The van der Waals surface area contributed by atoms with Gasteiger partial charge in [-0.25, -0.2) is 0 Å². The van der Waals surface area contributed by atoms with E-state index in [9.17, 15) is 5.11 Å².